The Bertz CT molecular complexity index is 1060. The predicted octanol–water partition coefficient (Wildman–Crippen LogP) is 6.29. The van der Waals surface area contributed by atoms with Crippen molar-refractivity contribution in [2.45, 2.75) is 40.0 Å². The van der Waals surface area contributed by atoms with Crippen molar-refractivity contribution >= 4 is 45.0 Å². The standard InChI is InChI=1S/C27H37N3O4S.ClH/c1-6-9-10-18-34-21-13-11-12-20(19-21)26(31)30(17-16-29(7-2)8-3)27-28-24-22(32-4)14-15-23(33-5)25(24)35-27;/h11-15,19H,6-10,16-18H2,1-5H3;1H. The first kappa shape index (κ1) is 29.7. The van der Waals surface area contributed by atoms with Crippen molar-refractivity contribution in [2.24, 2.45) is 0 Å². The van der Waals surface area contributed by atoms with E-state index >= 15 is 0 Å². The quantitative estimate of drug-likeness (QED) is 0.226. The van der Waals surface area contributed by atoms with Gasteiger partial charge in [-0.3, -0.25) is 9.69 Å². The minimum atomic E-state index is -0.104. The van der Waals surface area contributed by atoms with Crippen LogP contribution in [0.1, 0.15) is 50.4 Å². The van der Waals surface area contributed by atoms with Crippen molar-refractivity contribution in [3.05, 3.63) is 42.0 Å². The summed E-state index contributed by atoms with van der Waals surface area (Å²) in [7, 11) is 3.26. The van der Waals surface area contributed by atoms with Crippen LogP contribution in [0, 0.1) is 0 Å². The molecule has 0 aliphatic heterocycles. The number of rotatable bonds is 14. The van der Waals surface area contributed by atoms with Gasteiger partial charge in [-0.1, -0.05) is 51.0 Å². The third-order valence-electron chi connectivity index (χ3n) is 6.01. The molecule has 1 aromatic heterocycles. The molecule has 1 heterocycles. The average molecular weight is 536 g/mol. The second-order valence-electron chi connectivity index (χ2n) is 8.21. The molecule has 0 aliphatic carbocycles. The van der Waals surface area contributed by atoms with Crippen molar-refractivity contribution in [1.29, 1.82) is 0 Å². The Balaban J connectivity index is 0.00000456. The molecule has 0 aliphatic rings. The molecule has 0 N–H and O–H groups in total. The number of amides is 1. The highest BCUT2D eigenvalue weighted by molar-refractivity contribution is 7.22. The lowest BCUT2D eigenvalue weighted by atomic mass is 10.2. The molecule has 0 fully saturated rings. The van der Waals surface area contributed by atoms with Crippen molar-refractivity contribution in [2.75, 3.05) is 51.9 Å². The van der Waals surface area contributed by atoms with Gasteiger partial charge in [0.25, 0.3) is 5.91 Å². The molecule has 0 bridgehead atoms. The number of benzene rings is 2. The number of aromatic nitrogens is 1. The Morgan fingerprint density at radius 1 is 0.972 bits per heavy atom. The van der Waals surface area contributed by atoms with E-state index in [4.69, 9.17) is 19.2 Å². The summed E-state index contributed by atoms with van der Waals surface area (Å²) < 4.78 is 17.8. The Hall–Kier alpha value is -2.55. The van der Waals surface area contributed by atoms with Crippen LogP contribution in [0.15, 0.2) is 36.4 Å². The van der Waals surface area contributed by atoms with E-state index in [0.717, 1.165) is 43.6 Å². The second-order valence-corrected chi connectivity index (χ2v) is 9.19. The zero-order chi connectivity index (χ0) is 25.2. The molecule has 0 saturated carbocycles. The molecule has 3 aromatic rings. The van der Waals surface area contributed by atoms with Crippen LogP contribution in [-0.4, -0.2) is 62.8 Å². The van der Waals surface area contributed by atoms with Crippen LogP contribution in [0.2, 0.25) is 0 Å². The normalized spacial score (nSPS) is 10.8. The summed E-state index contributed by atoms with van der Waals surface area (Å²) in [4.78, 5) is 22.7. The van der Waals surface area contributed by atoms with Gasteiger partial charge in [0.15, 0.2) is 5.13 Å². The lowest BCUT2D eigenvalue weighted by molar-refractivity contribution is 0.0983. The summed E-state index contributed by atoms with van der Waals surface area (Å²) in [5.74, 6) is 1.97. The summed E-state index contributed by atoms with van der Waals surface area (Å²) in [6, 6.07) is 11.1. The van der Waals surface area contributed by atoms with Gasteiger partial charge in [-0.2, -0.15) is 0 Å². The maximum atomic E-state index is 13.8. The van der Waals surface area contributed by atoms with Crippen LogP contribution in [0.5, 0.6) is 17.2 Å². The van der Waals surface area contributed by atoms with Gasteiger partial charge in [-0.25, -0.2) is 4.98 Å². The lowest BCUT2D eigenvalue weighted by Crippen LogP contribution is -2.38. The molecular formula is C27H38ClN3O4S. The fraction of sp³-hybridized carbons (Fsp3) is 0.481. The molecule has 3 rings (SSSR count). The maximum Gasteiger partial charge on any atom is 0.260 e. The van der Waals surface area contributed by atoms with Gasteiger partial charge in [0.2, 0.25) is 0 Å². The van der Waals surface area contributed by atoms with Crippen LogP contribution in [-0.2, 0) is 0 Å². The minimum Gasteiger partial charge on any atom is -0.495 e. The number of unbranched alkanes of at least 4 members (excludes halogenated alkanes) is 2. The van der Waals surface area contributed by atoms with Crippen LogP contribution in [0.4, 0.5) is 5.13 Å². The molecule has 0 atom stereocenters. The monoisotopic (exact) mass is 535 g/mol. The molecule has 0 unspecified atom stereocenters. The summed E-state index contributed by atoms with van der Waals surface area (Å²) in [5.41, 5.74) is 1.27. The lowest BCUT2D eigenvalue weighted by Gasteiger charge is -2.25. The average Bonchev–Trinajstić information content (AvgIpc) is 3.33. The number of anilines is 1. The van der Waals surface area contributed by atoms with Gasteiger partial charge in [0, 0.05) is 18.7 Å². The van der Waals surface area contributed by atoms with E-state index in [1.807, 2.05) is 36.4 Å². The van der Waals surface area contributed by atoms with E-state index in [2.05, 4.69) is 25.7 Å². The summed E-state index contributed by atoms with van der Waals surface area (Å²) >= 11 is 1.44. The highest BCUT2D eigenvalue weighted by Crippen LogP contribution is 2.40. The van der Waals surface area contributed by atoms with Crippen molar-refractivity contribution in [3.8, 4) is 17.2 Å². The van der Waals surface area contributed by atoms with Gasteiger partial charge >= 0.3 is 0 Å². The topological polar surface area (TPSA) is 64.1 Å². The van der Waals surface area contributed by atoms with Crippen LogP contribution < -0.4 is 19.1 Å². The van der Waals surface area contributed by atoms with Gasteiger partial charge in [0.05, 0.1) is 20.8 Å². The molecule has 0 saturated heterocycles. The Labute approximate surface area is 224 Å². The van der Waals surface area contributed by atoms with Crippen molar-refractivity contribution in [3.63, 3.8) is 0 Å². The molecule has 9 heteroatoms. The van der Waals surface area contributed by atoms with E-state index in [9.17, 15) is 4.79 Å². The number of likely N-dealkylation sites (N-methyl/N-ethyl adjacent to an activating group) is 1. The summed E-state index contributed by atoms with van der Waals surface area (Å²) in [6.07, 6.45) is 3.27. The number of hydrogen-bond acceptors (Lipinski definition) is 7. The minimum absolute atomic E-state index is 0. The van der Waals surface area contributed by atoms with E-state index in [1.54, 1.807) is 19.1 Å². The molecule has 7 nitrogen and oxygen atoms in total. The predicted molar refractivity (Wildman–Crippen MR) is 151 cm³/mol. The van der Waals surface area contributed by atoms with Crippen LogP contribution in [0.3, 0.4) is 0 Å². The first-order chi connectivity index (χ1) is 17.1. The number of carbonyl (C=O) groups excluding carboxylic acids is 1. The Morgan fingerprint density at radius 2 is 1.69 bits per heavy atom. The van der Waals surface area contributed by atoms with Crippen LogP contribution in [0.25, 0.3) is 10.2 Å². The fourth-order valence-corrected chi connectivity index (χ4v) is 4.97. The molecule has 0 radical (unpaired) electrons. The number of ether oxygens (including phenoxy) is 3. The first-order valence-corrected chi connectivity index (χ1v) is 13.2. The van der Waals surface area contributed by atoms with Crippen molar-refractivity contribution < 1.29 is 19.0 Å². The highest BCUT2D eigenvalue weighted by atomic mass is 35.5. The number of halogens is 1. The number of fused-ring (bicyclic) bond motifs is 1. The third kappa shape index (κ3) is 7.24. The van der Waals surface area contributed by atoms with Gasteiger partial charge in [-0.15, -0.1) is 12.4 Å². The number of nitrogens with zero attached hydrogens (tertiary/aromatic N) is 3. The third-order valence-corrected chi connectivity index (χ3v) is 7.10. The number of methoxy groups -OCH3 is 2. The van der Waals surface area contributed by atoms with E-state index in [-0.39, 0.29) is 18.3 Å². The van der Waals surface area contributed by atoms with Gasteiger partial charge in [0.1, 0.15) is 27.5 Å². The van der Waals surface area contributed by atoms with E-state index in [0.29, 0.717) is 46.6 Å². The maximum absolute atomic E-state index is 13.8. The zero-order valence-electron chi connectivity index (χ0n) is 21.9. The smallest absolute Gasteiger partial charge is 0.260 e. The van der Waals surface area contributed by atoms with E-state index < -0.39 is 0 Å². The Kier molecular flexibility index (Phi) is 12.3. The molecular weight excluding hydrogens is 498 g/mol. The largest absolute Gasteiger partial charge is 0.495 e. The fourth-order valence-electron chi connectivity index (χ4n) is 3.87. The van der Waals surface area contributed by atoms with Crippen LogP contribution >= 0.6 is 23.7 Å². The molecule has 198 valence electrons. The summed E-state index contributed by atoms with van der Waals surface area (Å²) in [5, 5.41) is 0.620. The van der Waals surface area contributed by atoms with Gasteiger partial charge < -0.3 is 19.1 Å². The molecule has 0 spiro atoms. The first-order valence-electron chi connectivity index (χ1n) is 12.3. The molecule has 2 aromatic carbocycles. The SMILES string of the molecule is CCCCCOc1cccc(C(=O)N(CCN(CC)CC)c2nc3c(OC)ccc(OC)c3s2)c1.Cl. The Morgan fingerprint density at radius 3 is 2.36 bits per heavy atom. The van der Waals surface area contributed by atoms with E-state index in [1.165, 1.54) is 11.3 Å². The molecule has 36 heavy (non-hydrogen) atoms. The van der Waals surface area contributed by atoms with Crippen molar-refractivity contribution in [1.82, 2.24) is 9.88 Å². The number of hydrogen-bond donors (Lipinski definition) is 0. The van der Waals surface area contributed by atoms with Gasteiger partial charge in [-0.05, 0) is 49.8 Å². The summed E-state index contributed by atoms with van der Waals surface area (Å²) in [6.45, 7) is 10.2. The number of thiazole rings is 1. The number of carbonyl (C=O) groups is 1. The molecule has 1 amide bonds. The highest BCUT2D eigenvalue weighted by Gasteiger charge is 2.24. The second kappa shape index (κ2) is 14.9. The zero-order valence-corrected chi connectivity index (χ0v) is 23.5.